The van der Waals surface area contributed by atoms with Crippen molar-refractivity contribution in [2.24, 2.45) is 5.92 Å². The number of amides is 1. The van der Waals surface area contributed by atoms with Gasteiger partial charge in [0.05, 0.1) is 37.9 Å². The first kappa shape index (κ1) is 41.1. The Morgan fingerprint density at radius 1 is 0.845 bits per heavy atom. The van der Waals surface area contributed by atoms with Crippen molar-refractivity contribution in [1.29, 1.82) is 0 Å². The zero-order chi connectivity index (χ0) is 40.8. The topological polar surface area (TPSA) is 136 Å². The van der Waals surface area contributed by atoms with E-state index in [2.05, 4.69) is 34.0 Å². The van der Waals surface area contributed by atoms with E-state index >= 15 is 0 Å². The van der Waals surface area contributed by atoms with Gasteiger partial charge < -0.3 is 29.4 Å². The highest BCUT2D eigenvalue weighted by molar-refractivity contribution is 7.89. The van der Waals surface area contributed by atoms with Crippen LogP contribution in [0.4, 0.5) is 5.69 Å². The molecule has 11 nitrogen and oxygen atoms in total. The third kappa shape index (κ3) is 9.61. The van der Waals surface area contributed by atoms with E-state index in [4.69, 9.17) is 18.9 Å². The van der Waals surface area contributed by atoms with Crippen molar-refractivity contribution in [3.8, 4) is 11.5 Å². The zero-order valence-corrected chi connectivity index (χ0v) is 34.1. The van der Waals surface area contributed by atoms with Gasteiger partial charge >= 0.3 is 0 Å². The normalized spacial score (nSPS) is 20.2. The molecule has 5 aromatic carbocycles. The lowest BCUT2D eigenvalue weighted by Gasteiger charge is -2.43. The Morgan fingerprint density at radius 3 is 2.24 bits per heavy atom. The van der Waals surface area contributed by atoms with E-state index < -0.39 is 28.3 Å². The smallest absolute Gasteiger partial charge is 0.242 e. The van der Waals surface area contributed by atoms with E-state index in [1.54, 1.807) is 32.4 Å². The Kier molecular flexibility index (Phi) is 12.9. The summed E-state index contributed by atoms with van der Waals surface area (Å²) >= 11 is 0. The van der Waals surface area contributed by atoms with Crippen LogP contribution in [-0.2, 0) is 50.3 Å². The van der Waals surface area contributed by atoms with E-state index in [1.165, 1.54) is 23.3 Å². The fraction of sp³-hybridized carbons (Fsp3) is 0.326. The largest absolute Gasteiger partial charge is 0.493 e. The number of fused-ring (bicyclic) bond motifs is 1. The second-order valence-electron chi connectivity index (χ2n) is 15.1. The third-order valence-electron chi connectivity index (χ3n) is 11.0. The molecule has 0 saturated carbocycles. The second kappa shape index (κ2) is 18.2. The van der Waals surface area contributed by atoms with Gasteiger partial charge in [-0.1, -0.05) is 91.3 Å². The van der Waals surface area contributed by atoms with Crippen molar-refractivity contribution in [2.45, 2.75) is 69.3 Å². The van der Waals surface area contributed by atoms with Gasteiger partial charge in [0.25, 0.3) is 0 Å². The van der Waals surface area contributed by atoms with Crippen LogP contribution in [0.2, 0.25) is 0 Å². The minimum absolute atomic E-state index is 0.0359. The Bertz CT molecular complexity index is 2290. The maximum Gasteiger partial charge on any atom is 0.242 e. The molecule has 0 radical (unpaired) electrons. The van der Waals surface area contributed by atoms with Crippen molar-refractivity contribution in [3.63, 3.8) is 0 Å². The number of benzene rings is 5. The number of aryl methyl sites for hydroxylation is 1. The maximum atomic E-state index is 14.0. The summed E-state index contributed by atoms with van der Waals surface area (Å²) in [5, 5.41) is 12.7. The van der Waals surface area contributed by atoms with Crippen LogP contribution in [0.3, 0.4) is 0 Å². The molecule has 0 bridgehead atoms. The van der Waals surface area contributed by atoms with Crippen molar-refractivity contribution in [3.05, 3.63) is 154 Å². The van der Waals surface area contributed by atoms with Gasteiger partial charge in [0.15, 0.2) is 17.8 Å². The predicted molar refractivity (Wildman–Crippen MR) is 222 cm³/mol. The molecule has 5 aromatic rings. The number of nitrogens with one attached hydrogen (secondary N) is 2. The van der Waals surface area contributed by atoms with E-state index in [0.717, 1.165) is 47.5 Å². The molecular formula is C46H51N3O8S. The number of rotatable bonds is 14. The lowest BCUT2D eigenvalue weighted by atomic mass is 9.89. The molecule has 1 fully saturated rings. The Morgan fingerprint density at radius 2 is 1.55 bits per heavy atom. The SMILES string of the molecule is COc1cc2c(cc1OC)CN(CC1OC(c3cccc(NC(=O)C(Cc4ccccc4)NS(=O)(=O)c4ccc(C)cc4)c3)OC(c3ccc(CO)cc3)C1C)CC2. The second-order valence-corrected chi connectivity index (χ2v) is 16.8. The molecule has 5 unspecified atom stereocenters. The van der Waals surface area contributed by atoms with Crippen LogP contribution >= 0.6 is 0 Å². The Hall–Kier alpha value is -5.08. The summed E-state index contributed by atoms with van der Waals surface area (Å²) in [5.74, 6) is 0.885. The number of carbonyl (C=O) groups excluding carboxylic acids is 1. The number of sulfonamides is 1. The van der Waals surface area contributed by atoms with Crippen LogP contribution in [-0.4, -0.2) is 63.8 Å². The summed E-state index contributed by atoms with van der Waals surface area (Å²) in [5.41, 5.74) is 7.11. The van der Waals surface area contributed by atoms with Gasteiger partial charge in [-0.05, 0) is 84.0 Å². The summed E-state index contributed by atoms with van der Waals surface area (Å²) in [6, 6.07) is 33.9. The first-order valence-corrected chi connectivity index (χ1v) is 21.0. The van der Waals surface area contributed by atoms with E-state index in [-0.39, 0.29) is 36.0 Å². The quantitative estimate of drug-likeness (QED) is 0.110. The molecule has 58 heavy (non-hydrogen) atoms. The minimum atomic E-state index is -4.02. The van der Waals surface area contributed by atoms with E-state index in [9.17, 15) is 18.3 Å². The average molecular weight is 806 g/mol. The molecule has 3 N–H and O–H groups in total. The van der Waals surface area contributed by atoms with Crippen LogP contribution in [0.25, 0.3) is 0 Å². The fourth-order valence-electron chi connectivity index (χ4n) is 7.68. The Labute approximate surface area is 341 Å². The number of carbonyl (C=O) groups is 1. The van der Waals surface area contributed by atoms with Gasteiger partial charge in [0.1, 0.15) is 6.04 Å². The highest BCUT2D eigenvalue weighted by atomic mass is 32.2. The molecule has 2 aliphatic rings. The first-order valence-electron chi connectivity index (χ1n) is 19.5. The lowest BCUT2D eigenvalue weighted by molar-refractivity contribution is -0.276. The molecule has 0 aliphatic carbocycles. The Balaban J connectivity index is 1.13. The number of aliphatic hydroxyl groups is 1. The van der Waals surface area contributed by atoms with Gasteiger partial charge in [-0.2, -0.15) is 4.72 Å². The molecule has 7 rings (SSSR count). The van der Waals surface area contributed by atoms with Crippen LogP contribution in [0.1, 0.15) is 58.3 Å². The minimum Gasteiger partial charge on any atom is -0.493 e. The lowest BCUT2D eigenvalue weighted by Crippen LogP contribution is -2.45. The molecular weight excluding hydrogens is 755 g/mol. The monoisotopic (exact) mass is 805 g/mol. The zero-order valence-electron chi connectivity index (χ0n) is 33.3. The number of ether oxygens (including phenoxy) is 4. The molecule has 0 spiro atoms. The number of methoxy groups -OCH3 is 2. The van der Waals surface area contributed by atoms with Crippen LogP contribution in [0.15, 0.2) is 120 Å². The predicted octanol–water partition coefficient (Wildman–Crippen LogP) is 6.88. The van der Waals surface area contributed by atoms with Gasteiger partial charge in [0.2, 0.25) is 15.9 Å². The molecule has 1 amide bonds. The molecule has 2 heterocycles. The summed E-state index contributed by atoms with van der Waals surface area (Å²) in [4.78, 5) is 16.5. The molecule has 0 aromatic heterocycles. The number of hydrogen-bond acceptors (Lipinski definition) is 9. The highest BCUT2D eigenvalue weighted by Crippen LogP contribution is 2.43. The number of aliphatic hydroxyl groups excluding tert-OH is 1. The van der Waals surface area contributed by atoms with Gasteiger partial charge in [-0.3, -0.25) is 9.69 Å². The number of hydrogen-bond donors (Lipinski definition) is 3. The summed E-state index contributed by atoms with van der Waals surface area (Å²) < 4.78 is 54.4. The standard InChI is InChI=1S/C46H51N3O8S/c1-30-13-19-39(20-14-30)58(52,53)48-40(23-32-9-6-5-7-10-32)45(51)47-38-12-8-11-36(24-38)46-56-43(31(2)44(57-46)34-17-15-33(29-50)16-18-34)28-49-22-21-35-25-41(54-3)42(55-4)26-37(35)27-49/h5-20,24-26,31,40,43-44,46,48,50H,21-23,27-29H2,1-4H3,(H,47,51). The van der Waals surface area contributed by atoms with Crippen LogP contribution in [0, 0.1) is 12.8 Å². The number of nitrogens with zero attached hydrogens (tertiary/aromatic N) is 1. The highest BCUT2D eigenvalue weighted by Gasteiger charge is 2.40. The maximum absolute atomic E-state index is 14.0. The third-order valence-corrected chi connectivity index (χ3v) is 12.5. The molecule has 1 saturated heterocycles. The van der Waals surface area contributed by atoms with Gasteiger partial charge in [-0.15, -0.1) is 0 Å². The van der Waals surface area contributed by atoms with Crippen molar-refractivity contribution < 1.29 is 37.3 Å². The molecule has 304 valence electrons. The van der Waals surface area contributed by atoms with Gasteiger partial charge in [0, 0.05) is 36.8 Å². The summed E-state index contributed by atoms with van der Waals surface area (Å²) in [7, 11) is -0.727. The fourth-order valence-corrected chi connectivity index (χ4v) is 8.88. The van der Waals surface area contributed by atoms with Crippen molar-refractivity contribution in [2.75, 3.05) is 32.6 Å². The van der Waals surface area contributed by atoms with Crippen LogP contribution in [0.5, 0.6) is 11.5 Å². The van der Waals surface area contributed by atoms with E-state index in [1.807, 2.05) is 79.7 Å². The number of anilines is 1. The molecule has 2 aliphatic heterocycles. The summed E-state index contributed by atoms with van der Waals surface area (Å²) in [6.45, 7) is 6.18. The summed E-state index contributed by atoms with van der Waals surface area (Å²) in [6.07, 6.45) is -0.335. The first-order chi connectivity index (χ1) is 28.0. The molecule has 12 heteroatoms. The van der Waals surface area contributed by atoms with Gasteiger partial charge in [-0.25, -0.2) is 8.42 Å². The van der Waals surface area contributed by atoms with Crippen molar-refractivity contribution in [1.82, 2.24) is 9.62 Å². The van der Waals surface area contributed by atoms with Crippen LogP contribution < -0.4 is 19.5 Å². The van der Waals surface area contributed by atoms with E-state index in [0.29, 0.717) is 23.5 Å². The van der Waals surface area contributed by atoms with Crippen molar-refractivity contribution >= 4 is 21.6 Å². The molecule has 5 atom stereocenters. The average Bonchev–Trinajstić information content (AvgIpc) is 3.24.